The van der Waals surface area contributed by atoms with Crippen molar-refractivity contribution in [3.63, 3.8) is 0 Å². The summed E-state index contributed by atoms with van der Waals surface area (Å²) in [6, 6.07) is 0.339. The van der Waals surface area contributed by atoms with Gasteiger partial charge in [-0.2, -0.15) is 4.98 Å². The minimum atomic E-state index is 0.277. The predicted molar refractivity (Wildman–Crippen MR) is 75.6 cm³/mol. The zero-order valence-corrected chi connectivity index (χ0v) is 12.4. The molecule has 1 aromatic rings. The lowest BCUT2D eigenvalue weighted by Gasteiger charge is -2.31. The highest BCUT2D eigenvalue weighted by atomic mass is 16.5. The standard InChI is InChI=1S/C13H25N5O/c1-5-11(10(2)14-3)12-15-13(16-19-12)18-8-6-17(4)7-9-18/h10-11,14H,5-9H2,1-4H3. The number of anilines is 1. The molecule has 0 aromatic carbocycles. The molecule has 0 bridgehead atoms. The van der Waals surface area contributed by atoms with E-state index in [0.29, 0.717) is 6.04 Å². The Bertz CT molecular complexity index is 386. The number of nitrogens with one attached hydrogen (secondary N) is 1. The third kappa shape index (κ3) is 3.25. The van der Waals surface area contributed by atoms with Crippen molar-refractivity contribution in [3.8, 4) is 0 Å². The molecule has 1 aromatic heterocycles. The molecule has 6 heteroatoms. The second-order valence-corrected chi connectivity index (χ2v) is 5.32. The summed E-state index contributed by atoms with van der Waals surface area (Å²) < 4.78 is 5.46. The van der Waals surface area contributed by atoms with E-state index in [-0.39, 0.29) is 5.92 Å². The van der Waals surface area contributed by atoms with Gasteiger partial charge in [0, 0.05) is 32.2 Å². The summed E-state index contributed by atoms with van der Waals surface area (Å²) in [5.74, 6) is 1.77. The van der Waals surface area contributed by atoms with Gasteiger partial charge >= 0.3 is 0 Å². The highest BCUT2D eigenvalue weighted by Crippen LogP contribution is 2.23. The van der Waals surface area contributed by atoms with Gasteiger partial charge in [-0.05, 0) is 32.6 Å². The molecule has 19 heavy (non-hydrogen) atoms. The van der Waals surface area contributed by atoms with Gasteiger partial charge in [0.15, 0.2) is 0 Å². The number of aromatic nitrogens is 2. The summed E-state index contributed by atoms with van der Waals surface area (Å²) in [7, 11) is 4.10. The number of piperazine rings is 1. The van der Waals surface area contributed by atoms with Gasteiger partial charge in [0.05, 0.1) is 5.92 Å². The topological polar surface area (TPSA) is 57.4 Å². The summed E-state index contributed by atoms with van der Waals surface area (Å²) in [6.07, 6.45) is 0.992. The van der Waals surface area contributed by atoms with Crippen LogP contribution in [0.2, 0.25) is 0 Å². The Labute approximate surface area is 115 Å². The molecule has 0 radical (unpaired) electrons. The molecule has 108 valence electrons. The maximum absolute atomic E-state index is 5.46. The first-order chi connectivity index (χ1) is 9.15. The molecule has 0 saturated carbocycles. The number of likely N-dealkylation sites (N-methyl/N-ethyl adjacent to an activating group) is 2. The zero-order chi connectivity index (χ0) is 13.8. The number of rotatable bonds is 5. The maximum atomic E-state index is 5.46. The first-order valence-corrected chi connectivity index (χ1v) is 7.10. The molecule has 1 fully saturated rings. The quantitative estimate of drug-likeness (QED) is 0.856. The molecular formula is C13H25N5O. The van der Waals surface area contributed by atoms with Crippen molar-refractivity contribution in [3.05, 3.63) is 5.89 Å². The van der Waals surface area contributed by atoms with E-state index in [2.05, 4.69) is 46.2 Å². The van der Waals surface area contributed by atoms with Gasteiger partial charge < -0.3 is 19.6 Å². The van der Waals surface area contributed by atoms with E-state index in [9.17, 15) is 0 Å². The van der Waals surface area contributed by atoms with Gasteiger partial charge in [-0.15, -0.1) is 0 Å². The van der Waals surface area contributed by atoms with E-state index >= 15 is 0 Å². The van der Waals surface area contributed by atoms with E-state index in [0.717, 1.165) is 44.4 Å². The van der Waals surface area contributed by atoms with Crippen LogP contribution in [0, 0.1) is 0 Å². The second-order valence-electron chi connectivity index (χ2n) is 5.32. The molecule has 0 spiro atoms. The lowest BCUT2D eigenvalue weighted by Crippen LogP contribution is -2.45. The Hall–Kier alpha value is -1.14. The van der Waals surface area contributed by atoms with Crippen molar-refractivity contribution in [2.24, 2.45) is 0 Å². The fourth-order valence-electron chi connectivity index (χ4n) is 2.46. The van der Waals surface area contributed by atoms with Gasteiger partial charge in [-0.1, -0.05) is 6.92 Å². The van der Waals surface area contributed by atoms with Gasteiger partial charge in [0.1, 0.15) is 0 Å². The van der Waals surface area contributed by atoms with Gasteiger partial charge in [0.2, 0.25) is 5.89 Å². The Morgan fingerprint density at radius 3 is 2.58 bits per heavy atom. The van der Waals surface area contributed by atoms with Crippen molar-refractivity contribution in [1.82, 2.24) is 20.4 Å². The number of hydrogen-bond donors (Lipinski definition) is 1. The summed E-state index contributed by atoms with van der Waals surface area (Å²) >= 11 is 0. The molecule has 1 aliphatic rings. The highest BCUT2D eigenvalue weighted by Gasteiger charge is 2.25. The third-order valence-corrected chi connectivity index (χ3v) is 4.03. The normalized spacial score (nSPS) is 20.5. The van der Waals surface area contributed by atoms with Crippen LogP contribution in [0.15, 0.2) is 4.52 Å². The largest absolute Gasteiger partial charge is 0.337 e. The Kier molecular flexibility index (Phi) is 4.76. The fraction of sp³-hybridized carbons (Fsp3) is 0.846. The van der Waals surface area contributed by atoms with Crippen LogP contribution in [0.25, 0.3) is 0 Å². The second kappa shape index (κ2) is 6.34. The van der Waals surface area contributed by atoms with E-state index < -0.39 is 0 Å². The molecule has 2 rings (SSSR count). The van der Waals surface area contributed by atoms with Gasteiger partial charge in [0.25, 0.3) is 5.95 Å². The molecule has 2 atom stereocenters. The van der Waals surface area contributed by atoms with Crippen molar-refractivity contribution >= 4 is 5.95 Å². The molecule has 2 heterocycles. The van der Waals surface area contributed by atoms with Gasteiger partial charge in [-0.25, -0.2) is 0 Å². The van der Waals surface area contributed by atoms with Crippen LogP contribution in [0.4, 0.5) is 5.95 Å². The average Bonchev–Trinajstić information content (AvgIpc) is 2.89. The third-order valence-electron chi connectivity index (χ3n) is 4.03. The van der Waals surface area contributed by atoms with Crippen LogP contribution in [-0.4, -0.2) is 61.4 Å². The number of hydrogen-bond acceptors (Lipinski definition) is 6. The van der Waals surface area contributed by atoms with Crippen LogP contribution in [0.5, 0.6) is 0 Å². The van der Waals surface area contributed by atoms with E-state index in [1.54, 1.807) is 0 Å². The molecule has 0 amide bonds. The van der Waals surface area contributed by atoms with Crippen molar-refractivity contribution < 1.29 is 4.52 Å². The van der Waals surface area contributed by atoms with Crippen LogP contribution in [0.3, 0.4) is 0 Å². The van der Waals surface area contributed by atoms with Crippen molar-refractivity contribution in [2.75, 3.05) is 45.2 Å². The first kappa shape index (κ1) is 14.3. The van der Waals surface area contributed by atoms with Gasteiger partial charge in [-0.3, -0.25) is 0 Å². The monoisotopic (exact) mass is 267 g/mol. The highest BCUT2D eigenvalue weighted by molar-refractivity contribution is 5.29. The summed E-state index contributed by atoms with van der Waals surface area (Å²) in [5, 5.41) is 7.40. The number of nitrogens with zero attached hydrogens (tertiary/aromatic N) is 4. The minimum Gasteiger partial charge on any atom is -0.337 e. The average molecular weight is 267 g/mol. The van der Waals surface area contributed by atoms with Crippen molar-refractivity contribution in [2.45, 2.75) is 32.2 Å². The van der Waals surface area contributed by atoms with E-state index in [1.807, 2.05) is 7.05 Å². The minimum absolute atomic E-state index is 0.277. The lowest BCUT2D eigenvalue weighted by atomic mass is 9.98. The Balaban J connectivity index is 2.05. The Morgan fingerprint density at radius 2 is 2.00 bits per heavy atom. The molecule has 2 unspecified atom stereocenters. The molecule has 1 aliphatic heterocycles. The first-order valence-electron chi connectivity index (χ1n) is 7.10. The van der Waals surface area contributed by atoms with Crippen LogP contribution in [-0.2, 0) is 0 Å². The zero-order valence-electron chi connectivity index (χ0n) is 12.4. The lowest BCUT2D eigenvalue weighted by molar-refractivity contribution is 0.305. The van der Waals surface area contributed by atoms with E-state index in [1.165, 1.54) is 0 Å². The Morgan fingerprint density at radius 1 is 1.32 bits per heavy atom. The SMILES string of the molecule is CCC(c1nc(N2CCN(C)CC2)no1)C(C)NC. The molecule has 1 N–H and O–H groups in total. The van der Waals surface area contributed by atoms with E-state index in [4.69, 9.17) is 4.52 Å². The predicted octanol–water partition coefficient (Wildman–Crippen LogP) is 0.923. The van der Waals surface area contributed by atoms with Crippen LogP contribution >= 0.6 is 0 Å². The summed E-state index contributed by atoms with van der Waals surface area (Å²) in [5.41, 5.74) is 0. The molecule has 1 saturated heterocycles. The smallest absolute Gasteiger partial charge is 0.266 e. The molecular weight excluding hydrogens is 242 g/mol. The van der Waals surface area contributed by atoms with Crippen LogP contribution in [0.1, 0.15) is 32.1 Å². The summed E-state index contributed by atoms with van der Waals surface area (Å²) in [4.78, 5) is 9.10. The molecule has 0 aliphatic carbocycles. The maximum Gasteiger partial charge on any atom is 0.266 e. The van der Waals surface area contributed by atoms with Crippen molar-refractivity contribution in [1.29, 1.82) is 0 Å². The molecule has 6 nitrogen and oxygen atoms in total. The summed E-state index contributed by atoms with van der Waals surface area (Å²) in [6.45, 7) is 8.33. The fourth-order valence-corrected chi connectivity index (χ4v) is 2.46. The van der Waals surface area contributed by atoms with Crippen LogP contribution < -0.4 is 10.2 Å².